The van der Waals surface area contributed by atoms with Gasteiger partial charge in [0.1, 0.15) is 5.15 Å². The molecule has 0 N–H and O–H groups in total. The summed E-state index contributed by atoms with van der Waals surface area (Å²) in [4.78, 5) is 1.49. The first-order valence-electron chi connectivity index (χ1n) is 8.64. The highest BCUT2D eigenvalue weighted by molar-refractivity contribution is 6.32. The Hall–Kier alpha value is -3.50. The van der Waals surface area contributed by atoms with E-state index in [1.807, 2.05) is 44.2 Å². The van der Waals surface area contributed by atoms with Gasteiger partial charge in [-0.25, -0.2) is 4.68 Å². The second kappa shape index (κ2) is 7.25. The number of halogens is 1. The molecule has 0 saturated carbocycles. The van der Waals surface area contributed by atoms with Crippen LogP contribution in [0.5, 0.6) is 0 Å². The third-order valence-electron chi connectivity index (χ3n) is 4.46. The molecule has 138 valence electrons. The molecule has 8 heteroatoms. The number of hydrogen-bond acceptors (Lipinski definition) is 5. The molecule has 0 fully saturated rings. The van der Waals surface area contributed by atoms with Crippen molar-refractivity contribution in [1.82, 2.24) is 30.0 Å². The van der Waals surface area contributed by atoms with Gasteiger partial charge in [0.25, 0.3) is 0 Å². The van der Waals surface area contributed by atoms with Crippen molar-refractivity contribution in [2.24, 2.45) is 0 Å². The Labute approximate surface area is 166 Å². The standard InChI is InChI=1S/C20H16ClN7/c1-13-4-3-5-14(2)18(13)28-19(21)17(11-23-28)20-24-26-27(25-20)12-16-8-6-15(10-22)7-9-16/h3-9,11H,12H2,1-2H3. The van der Waals surface area contributed by atoms with E-state index in [9.17, 15) is 0 Å². The summed E-state index contributed by atoms with van der Waals surface area (Å²) >= 11 is 6.59. The largest absolute Gasteiger partial charge is 0.221 e. The number of hydrogen-bond donors (Lipinski definition) is 0. The second-order valence-corrected chi connectivity index (χ2v) is 6.81. The highest BCUT2D eigenvalue weighted by Gasteiger charge is 2.18. The molecule has 0 saturated heterocycles. The van der Waals surface area contributed by atoms with Gasteiger partial charge < -0.3 is 0 Å². The van der Waals surface area contributed by atoms with Crippen molar-refractivity contribution < 1.29 is 0 Å². The molecule has 0 aliphatic heterocycles. The van der Waals surface area contributed by atoms with Crippen LogP contribution in [0.25, 0.3) is 17.1 Å². The summed E-state index contributed by atoms with van der Waals surface area (Å²) in [7, 11) is 0. The SMILES string of the molecule is Cc1cccc(C)c1-n1ncc(-c2nnn(Cc3ccc(C#N)cc3)n2)c1Cl. The van der Waals surface area contributed by atoms with Crippen molar-refractivity contribution in [3.05, 3.63) is 76.1 Å². The van der Waals surface area contributed by atoms with Gasteiger partial charge in [0.05, 0.1) is 35.6 Å². The number of nitriles is 1. The molecule has 0 radical (unpaired) electrons. The quantitative estimate of drug-likeness (QED) is 0.531. The van der Waals surface area contributed by atoms with E-state index in [1.165, 1.54) is 4.80 Å². The topological polar surface area (TPSA) is 85.2 Å². The van der Waals surface area contributed by atoms with E-state index in [1.54, 1.807) is 23.0 Å². The summed E-state index contributed by atoms with van der Waals surface area (Å²) in [6.07, 6.45) is 1.65. The van der Waals surface area contributed by atoms with E-state index in [0.717, 1.165) is 22.4 Å². The Balaban J connectivity index is 1.63. The van der Waals surface area contributed by atoms with Crippen LogP contribution in [-0.2, 0) is 6.54 Å². The first-order valence-corrected chi connectivity index (χ1v) is 9.02. The van der Waals surface area contributed by atoms with Crippen LogP contribution in [0.15, 0.2) is 48.7 Å². The highest BCUT2D eigenvalue weighted by Crippen LogP contribution is 2.29. The maximum absolute atomic E-state index is 8.88. The number of rotatable bonds is 4. The van der Waals surface area contributed by atoms with Crippen molar-refractivity contribution >= 4 is 11.6 Å². The van der Waals surface area contributed by atoms with Gasteiger partial charge >= 0.3 is 0 Å². The molecular formula is C20H16ClN7. The van der Waals surface area contributed by atoms with Crippen LogP contribution < -0.4 is 0 Å². The molecule has 0 aliphatic carbocycles. The Morgan fingerprint density at radius 2 is 1.79 bits per heavy atom. The molecule has 0 amide bonds. The molecule has 0 bridgehead atoms. The fourth-order valence-corrected chi connectivity index (χ4v) is 3.31. The average Bonchev–Trinajstić information content (AvgIpc) is 3.29. The molecule has 0 atom stereocenters. The molecule has 2 heterocycles. The lowest BCUT2D eigenvalue weighted by atomic mass is 10.1. The lowest BCUT2D eigenvalue weighted by Crippen LogP contribution is -2.04. The summed E-state index contributed by atoms with van der Waals surface area (Å²) in [5, 5.41) is 26.4. The zero-order valence-electron chi connectivity index (χ0n) is 15.3. The van der Waals surface area contributed by atoms with Gasteiger partial charge in [0.15, 0.2) is 0 Å². The van der Waals surface area contributed by atoms with Crippen LogP contribution in [0.3, 0.4) is 0 Å². The van der Waals surface area contributed by atoms with Crippen LogP contribution in [-0.4, -0.2) is 30.0 Å². The summed E-state index contributed by atoms with van der Waals surface area (Å²) in [6.45, 7) is 4.49. The van der Waals surface area contributed by atoms with Crippen molar-refractivity contribution in [2.75, 3.05) is 0 Å². The van der Waals surface area contributed by atoms with Gasteiger partial charge in [-0.1, -0.05) is 41.9 Å². The van der Waals surface area contributed by atoms with Crippen LogP contribution in [0.4, 0.5) is 0 Å². The number of aromatic nitrogens is 6. The number of para-hydroxylation sites is 1. The number of tetrazole rings is 1. The second-order valence-electron chi connectivity index (χ2n) is 6.45. The fraction of sp³-hybridized carbons (Fsp3) is 0.150. The Kier molecular flexibility index (Phi) is 4.63. The average molecular weight is 390 g/mol. The van der Waals surface area contributed by atoms with E-state index in [-0.39, 0.29) is 0 Å². The first-order chi connectivity index (χ1) is 13.6. The van der Waals surface area contributed by atoms with Gasteiger partial charge in [-0.3, -0.25) is 0 Å². The Bertz CT molecular complexity index is 1160. The van der Waals surface area contributed by atoms with Gasteiger partial charge in [-0.15, -0.1) is 10.2 Å². The molecule has 0 unspecified atom stereocenters. The zero-order chi connectivity index (χ0) is 19.7. The molecule has 7 nitrogen and oxygen atoms in total. The molecule has 4 aromatic rings. The monoisotopic (exact) mass is 389 g/mol. The minimum absolute atomic E-state index is 0.413. The van der Waals surface area contributed by atoms with Gasteiger partial charge in [-0.2, -0.15) is 15.2 Å². The highest BCUT2D eigenvalue weighted by atomic mass is 35.5. The van der Waals surface area contributed by atoms with Crippen LogP contribution in [0, 0.1) is 25.2 Å². The summed E-state index contributed by atoms with van der Waals surface area (Å²) < 4.78 is 1.70. The summed E-state index contributed by atoms with van der Waals surface area (Å²) in [6, 6.07) is 15.4. The molecule has 0 aliphatic rings. The first kappa shape index (κ1) is 17.9. The summed E-state index contributed by atoms with van der Waals surface area (Å²) in [5.41, 5.74) is 5.31. The van der Waals surface area contributed by atoms with Gasteiger partial charge in [0.2, 0.25) is 5.82 Å². The lowest BCUT2D eigenvalue weighted by Gasteiger charge is -2.10. The van der Waals surface area contributed by atoms with Crippen molar-refractivity contribution in [1.29, 1.82) is 5.26 Å². The third kappa shape index (κ3) is 3.26. The normalized spacial score (nSPS) is 10.8. The van der Waals surface area contributed by atoms with Crippen molar-refractivity contribution in [3.63, 3.8) is 0 Å². The van der Waals surface area contributed by atoms with Gasteiger partial charge in [-0.05, 0) is 47.9 Å². The molecule has 2 aromatic heterocycles. The van der Waals surface area contributed by atoms with Crippen LogP contribution in [0.2, 0.25) is 5.15 Å². The Morgan fingerprint density at radius 1 is 1.07 bits per heavy atom. The molecule has 28 heavy (non-hydrogen) atoms. The molecule has 0 spiro atoms. The van der Waals surface area contributed by atoms with Crippen molar-refractivity contribution in [2.45, 2.75) is 20.4 Å². The number of nitrogens with zero attached hydrogens (tertiary/aromatic N) is 7. The summed E-state index contributed by atoms with van der Waals surface area (Å²) in [5.74, 6) is 0.413. The predicted molar refractivity (Wildman–Crippen MR) is 105 cm³/mol. The van der Waals surface area contributed by atoms with E-state index < -0.39 is 0 Å². The van der Waals surface area contributed by atoms with E-state index in [4.69, 9.17) is 16.9 Å². The van der Waals surface area contributed by atoms with Gasteiger partial charge in [0, 0.05) is 0 Å². The maximum Gasteiger partial charge on any atom is 0.209 e. The lowest BCUT2D eigenvalue weighted by molar-refractivity contribution is 0.573. The molecular weight excluding hydrogens is 374 g/mol. The number of benzene rings is 2. The zero-order valence-corrected chi connectivity index (χ0v) is 16.1. The van der Waals surface area contributed by atoms with E-state index in [2.05, 4.69) is 26.6 Å². The molecule has 4 rings (SSSR count). The molecule has 2 aromatic carbocycles. The minimum Gasteiger partial charge on any atom is -0.221 e. The predicted octanol–water partition coefficient (Wildman–Crippen LogP) is 3.72. The van der Waals surface area contributed by atoms with E-state index in [0.29, 0.717) is 28.6 Å². The van der Waals surface area contributed by atoms with Crippen molar-refractivity contribution in [3.8, 4) is 23.1 Å². The smallest absolute Gasteiger partial charge is 0.209 e. The fourth-order valence-electron chi connectivity index (χ4n) is 3.05. The van der Waals surface area contributed by atoms with Crippen LogP contribution in [0.1, 0.15) is 22.3 Å². The van der Waals surface area contributed by atoms with Crippen LogP contribution >= 0.6 is 11.6 Å². The number of aryl methyl sites for hydroxylation is 2. The maximum atomic E-state index is 8.88. The van der Waals surface area contributed by atoms with E-state index >= 15 is 0 Å². The minimum atomic E-state index is 0.413. The Morgan fingerprint density at radius 3 is 2.46 bits per heavy atom. The third-order valence-corrected chi connectivity index (χ3v) is 4.83.